The van der Waals surface area contributed by atoms with Gasteiger partial charge in [0.2, 0.25) is 5.95 Å². The zero-order valence-corrected chi connectivity index (χ0v) is 11.7. The highest BCUT2D eigenvalue weighted by Gasteiger charge is 2.44. The molecule has 9 heteroatoms. The van der Waals surface area contributed by atoms with Crippen molar-refractivity contribution in [2.75, 3.05) is 12.3 Å². The van der Waals surface area contributed by atoms with E-state index in [2.05, 4.69) is 21.5 Å². The molecule has 1 aliphatic heterocycles. The summed E-state index contributed by atoms with van der Waals surface area (Å²) in [4.78, 5) is 12.5. The van der Waals surface area contributed by atoms with E-state index in [1.54, 1.807) is 6.08 Å². The van der Waals surface area contributed by atoms with Crippen LogP contribution in [0, 0.1) is 0 Å². The van der Waals surface area contributed by atoms with Crippen LogP contribution in [0.3, 0.4) is 0 Å². The number of aliphatic hydroxyl groups excluding tert-OH is 3. The predicted octanol–water partition coefficient (Wildman–Crippen LogP) is -1.25. The van der Waals surface area contributed by atoms with E-state index in [1.807, 2.05) is 0 Å². The fraction of sp³-hybridized carbons (Fsp3) is 0.462. The molecule has 0 radical (unpaired) electrons. The Balaban J connectivity index is 2.10. The number of ether oxygens (including phenoxy) is 1. The van der Waals surface area contributed by atoms with Gasteiger partial charge in [-0.2, -0.15) is 0 Å². The van der Waals surface area contributed by atoms with Gasteiger partial charge in [0, 0.05) is 6.42 Å². The van der Waals surface area contributed by atoms with Gasteiger partial charge in [-0.3, -0.25) is 4.57 Å². The minimum absolute atomic E-state index is 0.0793. The Morgan fingerprint density at radius 2 is 2.14 bits per heavy atom. The van der Waals surface area contributed by atoms with Gasteiger partial charge in [-0.15, -0.1) is 6.58 Å². The van der Waals surface area contributed by atoms with Gasteiger partial charge < -0.3 is 25.8 Å². The summed E-state index contributed by atoms with van der Waals surface area (Å²) >= 11 is 0. The highest BCUT2D eigenvalue weighted by Crippen LogP contribution is 2.33. The van der Waals surface area contributed by atoms with Crippen LogP contribution in [0.2, 0.25) is 0 Å². The number of allylic oxidation sites excluding steroid dienone is 1. The molecule has 3 heterocycles. The second-order valence-electron chi connectivity index (χ2n) is 5.05. The lowest BCUT2D eigenvalue weighted by Gasteiger charge is -2.17. The van der Waals surface area contributed by atoms with Crippen molar-refractivity contribution in [3.8, 4) is 0 Å². The first-order chi connectivity index (χ1) is 10.6. The number of hydrogen-bond donors (Lipinski definition) is 4. The van der Waals surface area contributed by atoms with Crippen LogP contribution in [0.4, 0.5) is 5.95 Å². The fourth-order valence-electron chi connectivity index (χ4n) is 2.60. The number of nitrogen functional groups attached to an aromatic ring is 1. The molecular weight excluding hydrogens is 290 g/mol. The molecule has 3 rings (SSSR count). The molecule has 2 aromatic heterocycles. The van der Waals surface area contributed by atoms with E-state index in [-0.39, 0.29) is 5.95 Å². The Bertz CT molecular complexity index is 703. The third-order valence-electron chi connectivity index (χ3n) is 3.69. The Morgan fingerprint density at radius 1 is 1.36 bits per heavy atom. The van der Waals surface area contributed by atoms with Crippen LogP contribution in [0.1, 0.15) is 11.9 Å². The standard InChI is InChI=1S/C13H17N5O4/c1-2-3-6-8-11(16-5-15-6)18(13(14)17-8)12-10(21)9(20)7(4-19)22-12/h2,5,7,9-10,12,19-21H,1,3-4H2,(H2,14,17)/t7-,9-,10-,12-/m1/s1. The molecule has 0 unspecified atom stereocenters. The summed E-state index contributed by atoms with van der Waals surface area (Å²) in [6, 6.07) is 0. The molecular formula is C13H17N5O4. The van der Waals surface area contributed by atoms with Gasteiger partial charge >= 0.3 is 0 Å². The highest BCUT2D eigenvalue weighted by atomic mass is 16.6. The van der Waals surface area contributed by atoms with Crippen LogP contribution in [0.15, 0.2) is 19.0 Å². The van der Waals surface area contributed by atoms with Gasteiger partial charge in [0.1, 0.15) is 30.2 Å². The Labute approximate surface area is 125 Å². The smallest absolute Gasteiger partial charge is 0.204 e. The molecule has 2 aromatic rings. The van der Waals surface area contributed by atoms with Crippen LogP contribution in [0.5, 0.6) is 0 Å². The van der Waals surface area contributed by atoms with Crippen molar-refractivity contribution in [3.05, 3.63) is 24.7 Å². The zero-order valence-electron chi connectivity index (χ0n) is 11.7. The highest BCUT2D eigenvalue weighted by molar-refractivity contribution is 5.76. The number of fused-ring (bicyclic) bond motifs is 1. The van der Waals surface area contributed by atoms with Gasteiger partial charge in [-0.25, -0.2) is 15.0 Å². The lowest BCUT2D eigenvalue weighted by molar-refractivity contribution is -0.0500. The van der Waals surface area contributed by atoms with Crippen molar-refractivity contribution < 1.29 is 20.1 Å². The molecule has 118 valence electrons. The molecule has 4 atom stereocenters. The second-order valence-corrected chi connectivity index (χ2v) is 5.05. The molecule has 0 saturated carbocycles. The summed E-state index contributed by atoms with van der Waals surface area (Å²) in [5.41, 5.74) is 7.44. The third kappa shape index (κ3) is 2.15. The van der Waals surface area contributed by atoms with E-state index in [1.165, 1.54) is 10.9 Å². The molecule has 5 N–H and O–H groups in total. The predicted molar refractivity (Wildman–Crippen MR) is 76.6 cm³/mol. The zero-order chi connectivity index (χ0) is 15.9. The summed E-state index contributed by atoms with van der Waals surface area (Å²) < 4.78 is 6.88. The van der Waals surface area contributed by atoms with E-state index in [0.717, 1.165) is 0 Å². The Kier molecular flexibility index (Phi) is 3.79. The molecule has 22 heavy (non-hydrogen) atoms. The summed E-state index contributed by atoms with van der Waals surface area (Å²) in [5, 5.41) is 29.2. The van der Waals surface area contributed by atoms with E-state index in [9.17, 15) is 15.3 Å². The average Bonchev–Trinajstić information content (AvgIpc) is 2.98. The average molecular weight is 307 g/mol. The fourth-order valence-corrected chi connectivity index (χ4v) is 2.60. The molecule has 0 spiro atoms. The quantitative estimate of drug-likeness (QED) is 0.514. The minimum atomic E-state index is -1.25. The van der Waals surface area contributed by atoms with Gasteiger partial charge in [0.25, 0.3) is 0 Å². The van der Waals surface area contributed by atoms with Crippen LogP contribution in [-0.2, 0) is 11.2 Å². The number of imidazole rings is 1. The van der Waals surface area contributed by atoms with E-state index < -0.39 is 31.1 Å². The van der Waals surface area contributed by atoms with Gasteiger partial charge in [0.15, 0.2) is 11.9 Å². The molecule has 0 aromatic carbocycles. The normalized spacial score (nSPS) is 28.3. The molecule has 1 fully saturated rings. The van der Waals surface area contributed by atoms with Gasteiger partial charge in [-0.1, -0.05) is 6.08 Å². The van der Waals surface area contributed by atoms with Crippen LogP contribution in [-0.4, -0.2) is 59.8 Å². The first-order valence-electron chi connectivity index (χ1n) is 6.79. The van der Waals surface area contributed by atoms with Crippen LogP contribution < -0.4 is 5.73 Å². The third-order valence-corrected chi connectivity index (χ3v) is 3.69. The van der Waals surface area contributed by atoms with E-state index in [0.29, 0.717) is 23.3 Å². The van der Waals surface area contributed by atoms with Crippen LogP contribution >= 0.6 is 0 Å². The lowest BCUT2D eigenvalue weighted by atomic mass is 10.1. The number of nitrogens with zero attached hydrogens (tertiary/aromatic N) is 4. The number of hydrogen-bond acceptors (Lipinski definition) is 8. The number of anilines is 1. The lowest BCUT2D eigenvalue weighted by Crippen LogP contribution is -2.33. The summed E-state index contributed by atoms with van der Waals surface area (Å²) in [5.74, 6) is 0.0793. The van der Waals surface area contributed by atoms with Crippen molar-refractivity contribution >= 4 is 17.1 Å². The Hall–Kier alpha value is -2.07. The maximum atomic E-state index is 10.1. The molecule has 0 amide bonds. The number of aromatic nitrogens is 4. The van der Waals surface area contributed by atoms with Crippen molar-refractivity contribution in [2.24, 2.45) is 0 Å². The summed E-state index contributed by atoms with van der Waals surface area (Å²) in [6.07, 6.45) is -0.819. The van der Waals surface area contributed by atoms with Crippen LogP contribution in [0.25, 0.3) is 11.2 Å². The van der Waals surface area contributed by atoms with Crippen molar-refractivity contribution in [2.45, 2.75) is 31.0 Å². The van der Waals surface area contributed by atoms with E-state index in [4.69, 9.17) is 10.5 Å². The molecule has 0 aliphatic carbocycles. The van der Waals surface area contributed by atoms with Gasteiger partial charge in [0.05, 0.1) is 12.3 Å². The van der Waals surface area contributed by atoms with E-state index >= 15 is 0 Å². The first kappa shape index (κ1) is 14.9. The largest absolute Gasteiger partial charge is 0.394 e. The number of nitrogens with two attached hydrogens (primary N) is 1. The topological polar surface area (TPSA) is 140 Å². The maximum absolute atomic E-state index is 10.1. The second kappa shape index (κ2) is 5.61. The first-order valence-corrected chi connectivity index (χ1v) is 6.79. The molecule has 1 saturated heterocycles. The number of aliphatic hydroxyl groups is 3. The molecule has 0 bridgehead atoms. The van der Waals surface area contributed by atoms with Crippen molar-refractivity contribution in [1.29, 1.82) is 0 Å². The van der Waals surface area contributed by atoms with Crippen molar-refractivity contribution in [1.82, 2.24) is 19.5 Å². The van der Waals surface area contributed by atoms with Crippen molar-refractivity contribution in [3.63, 3.8) is 0 Å². The maximum Gasteiger partial charge on any atom is 0.204 e. The number of rotatable bonds is 4. The Morgan fingerprint density at radius 3 is 2.77 bits per heavy atom. The summed E-state index contributed by atoms with van der Waals surface area (Å²) in [6.45, 7) is 3.24. The monoisotopic (exact) mass is 307 g/mol. The minimum Gasteiger partial charge on any atom is -0.394 e. The van der Waals surface area contributed by atoms with Gasteiger partial charge in [-0.05, 0) is 0 Å². The molecule has 9 nitrogen and oxygen atoms in total. The SMILES string of the molecule is C=CCc1ncnc2c1nc(N)n2[C@@H]1O[C@H](CO)[C@@H](O)[C@H]1O. The molecule has 1 aliphatic rings. The summed E-state index contributed by atoms with van der Waals surface area (Å²) in [7, 11) is 0.